The van der Waals surface area contributed by atoms with E-state index in [1.165, 1.54) is 0 Å². The fourth-order valence-corrected chi connectivity index (χ4v) is 3.81. The van der Waals surface area contributed by atoms with Crippen molar-refractivity contribution in [1.82, 2.24) is 14.8 Å². The second-order valence-electron chi connectivity index (χ2n) is 8.69. The largest absolute Gasteiger partial charge is 0.340 e. The van der Waals surface area contributed by atoms with Gasteiger partial charge in [-0.1, -0.05) is 57.2 Å². The predicted molar refractivity (Wildman–Crippen MR) is 110 cm³/mol. The van der Waals surface area contributed by atoms with Gasteiger partial charge in [-0.25, -0.2) is 0 Å². The minimum atomic E-state index is -0.149. The van der Waals surface area contributed by atoms with Crippen molar-refractivity contribution in [3.05, 3.63) is 66.0 Å². The molecule has 1 aromatic heterocycles. The third-order valence-electron chi connectivity index (χ3n) is 5.04. The molecule has 4 nitrogen and oxygen atoms in total. The fourth-order valence-electron chi connectivity index (χ4n) is 3.81. The second-order valence-corrected chi connectivity index (χ2v) is 8.69. The Balaban J connectivity index is 1.70. The van der Waals surface area contributed by atoms with Crippen LogP contribution in [-0.2, 0) is 11.2 Å². The zero-order chi connectivity index (χ0) is 19.3. The molecule has 0 bridgehead atoms. The minimum Gasteiger partial charge on any atom is -0.340 e. The Morgan fingerprint density at radius 2 is 1.74 bits per heavy atom. The zero-order valence-electron chi connectivity index (χ0n) is 16.8. The molecule has 144 valence electrons. The van der Waals surface area contributed by atoms with E-state index in [1.54, 1.807) is 6.20 Å². The average Bonchev–Trinajstić information content (AvgIpc) is 2.66. The minimum absolute atomic E-state index is 0.149. The molecule has 1 aliphatic heterocycles. The maximum atomic E-state index is 13.4. The number of nitrogens with zero attached hydrogens (tertiary/aromatic N) is 3. The Bertz CT molecular complexity index is 716. The van der Waals surface area contributed by atoms with Gasteiger partial charge >= 0.3 is 0 Å². The molecule has 3 rings (SSSR count). The molecule has 1 atom stereocenters. The molecule has 1 saturated heterocycles. The standard InChI is InChI=1S/C23H31N3O/c1-23(2,3)18-25-12-14-26(15-13-25)22(27)21(20-9-5-4-6-10-20)16-19-8-7-11-24-17-19/h4-11,17,21H,12-16,18H2,1-3H3. The first-order valence-electron chi connectivity index (χ1n) is 9.87. The fraction of sp³-hybridized carbons (Fsp3) is 0.478. The molecule has 1 aromatic carbocycles. The molecule has 0 N–H and O–H groups in total. The highest BCUT2D eigenvalue weighted by Gasteiger charge is 2.29. The number of hydrogen-bond acceptors (Lipinski definition) is 3. The topological polar surface area (TPSA) is 36.4 Å². The van der Waals surface area contributed by atoms with Gasteiger partial charge in [-0.2, -0.15) is 0 Å². The van der Waals surface area contributed by atoms with Gasteiger partial charge < -0.3 is 4.90 Å². The van der Waals surface area contributed by atoms with Crippen LogP contribution in [0.2, 0.25) is 0 Å². The highest BCUT2D eigenvalue weighted by atomic mass is 16.2. The van der Waals surface area contributed by atoms with E-state index in [4.69, 9.17) is 0 Å². The monoisotopic (exact) mass is 365 g/mol. The summed E-state index contributed by atoms with van der Waals surface area (Å²) in [5.41, 5.74) is 2.48. The number of pyridine rings is 1. The van der Waals surface area contributed by atoms with E-state index in [1.807, 2.05) is 35.4 Å². The van der Waals surface area contributed by atoms with Crippen molar-refractivity contribution in [3.63, 3.8) is 0 Å². The first-order valence-corrected chi connectivity index (χ1v) is 9.87. The summed E-state index contributed by atoms with van der Waals surface area (Å²) in [6.07, 6.45) is 4.33. The summed E-state index contributed by atoms with van der Waals surface area (Å²) in [7, 11) is 0. The van der Waals surface area contributed by atoms with Crippen LogP contribution in [0.4, 0.5) is 0 Å². The first kappa shape index (κ1) is 19.6. The van der Waals surface area contributed by atoms with Gasteiger partial charge in [0.2, 0.25) is 5.91 Å². The van der Waals surface area contributed by atoms with Gasteiger partial charge in [0.25, 0.3) is 0 Å². The summed E-state index contributed by atoms with van der Waals surface area (Å²) in [6, 6.07) is 14.1. The lowest BCUT2D eigenvalue weighted by Gasteiger charge is -2.39. The summed E-state index contributed by atoms with van der Waals surface area (Å²) in [4.78, 5) is 22.1. The summed E-state index contributed by atoms with van der Waals surface area (Å²) >= 11 is 0. The molecular weight excluding hydrogens is 334 g/mol. The average molecular weight is 366 g/mol. The van der Waals surface area contributed by atoms with Crippen LogP contribution in [0.1, 0.15) is 37.8 Å². The Labute approximate surface area is 163 Å². The molecule has 1 unspecified atom stereocenters. The van der Waals surface area contributed by atoms with E-state index in [2.05, 4.69) is 48.9 Å². The van der Waals surface area contributed by atoms with Gasteiger partial charge in [0.15, 0.2) is 0 Å². The Morgan fingerprint density at radius 1 is 1.04 bits per heavy atom. The Kier molecular flexibility index (Phi) is 6.27. The third kappa shape index (κ3) is 5.64. The number of benzene rings is 1. The van der Waals surface area contributed by atoms with Crippen LogP contribution in [0.3, 0.4) is 0 Å². The molecule has 1 amide bonds. The van der Waals surface area contributed by atoms with E-state index in [0.29, 0.717) is 11.8 Å². The second kappa shape index (κ2) is 8.66. The highest BCUT2D eigenvalue weighted by Crippen LogP contribution is 2.24. The van der Waals surface area contributed by atoms with Crippen molar-refractivity contribution in [3.8, 4) is 0 Å². The lowest BCUT2D eigenvalue weighted by Crippen LogP contribution is -2.51. The molecule has 0 saturated carbocycles. The van der Waals surface area contributed by atoms with Crippen molar-refractivity contribution in [2.45, 2.75) is 33.1 Å². The summed E-state index contributed by atoms with van der Waals surface area (Å²) in [5, 5.41) is 0. The molecule has 1 fully saturated rings. The zero-order valence-corrected chi connectivity index (χ0v) is 16.8. The van der Waals surface area contributed by atoms with Crippen LogP contribution in [0.25, 0.3) is 0 Å². The van der Waals surface area contributed by atoms with Crippen molar-refractivity contribution in [2.75, 3.05) is 32.7 Å². The van der Waals surface area contributed by atoms with Gasteiger partial charge in [0, 0.05) is 45.1 Å². The maximum Gasteiger partial charge on any atom is 0.230 e. The molecule has 2 aromatic rings. The molecule has 2 heterocycles. The molecule has 0 radical (unpaired) electrons. The number of amides is 1. The highest BCUT2D eigenvalue weighted by molar-refractivity contribution is 5.84. The van der Waals surface area contributed by atoms with E-state index >= 15 is 0 Å². The van der Waals surface area contributed by atoms with Gasteiger partial charge in [-0.3, -0.25) is 14.7 Å². The smallest absolute Gasteiger partial charge is 0.230 e. The van der Waals surface area contributed by atoms with Crippen molar-refractivity contribution in [1.29, 1.82) is 0 Å². The Morgan fingerprint density at radius 3 is 2.33 bits per heavy atom. The van der Waals surface area contributed by atoms with Crippen molar-refractivity contribution in [2.24, 2.45) is 5.41 Å². The molecule has 1 aliphatic rings. The van der Waals surface area contributed by atoms with Crippen LogP contribution in [0.5, 0.6) is 0 Å². The maximum absolute atomic E-state index is 13.4. The molecule has 27 heavy (non-hydrogen) atoms. The van der Waals surface area contributed by atoms with Gasteiger partial charge in [-0.05, 0) is 29.0 Å². The van der Waals surface area contributed by atoms with Gasteiger partial charge in [0.05, 0.1) is 5.92 Å². The third-order valence-corrected chi connectivity index (χ3v) is 5.04. The summed E-state index contributed by atoms with van der Waals surface area (Å²) < 4.78 is 0. The van der Waals surface area contributed by atoms with E-state index in [9.17, 15) is 4.79 Å². The van der Waals surface area contributed by atoms with Crippen LogP contribution in [0, 0.1) is 5.41 Å². The summed E-state index contributed by atoms with van der Waals surface area (Å²) in [5.74, 6) is 0.0880. The van der Waals surface area contributed by atoms with Gasteiger partial charge in [-0.15, -0.1) is 0 Å². The quantitative estimate of drug-likeness (QED) is 0.812. The van der Waals surface area contributed by atoms with Crippen LogP contribution in [0.15, 0.2) is 54.9 Å². The number of hydrogen-bond donors (Lipinski definition) is 0. The lowest BCUT2D eigenvalue weighted by molar-refractivity contribution is -0.134. The number of carbonyl (C=O) groups excluding carboxylic acids is 1. The van der Waals surface area contributed by atoms with Crippen molar-refractivity contribution < 1.29 is 4.79 Å². The molecule has 0 spiro atoms. The normalized spacial score (nSPS) is 16.9. The van der Waals surface area contributed by atoms with Crippen LogP contribution in [-0.4, -0.2) is 53.4 Å². The number of piperazine rings is 1. The predicted octanol–water partition coefficient (Wildman–Crippen LogP) is 3.60. The molecule has 4 heteroatoms. The molecular formula is C23H31N3O. The van der Waals surface area contributed by atoms with Gasteiger partial charge in [0.1, 0.15) is 0 Å². The van der Waals surface area contributed by atoms with Crippen molar-refractivity contribution >= 4 is 5.91 Å². The summed E-state index contributed by atoms with van der Waals surface area (Å²) in [6.45, 7) is 11.4. The molecule has 0 aliphatic carbocycles. The Hall–Kier alpha value is -2.20. The number of carbonyl (C=O) groups is 1. The van der Waals surface area contributed by atoms with Crippen LogP contribution < -0.4 is 0 Å². The first-order chi connectivity index (χ1) is 12.9. The van der Waals surface area contributed by atoms with Crippen LogP contribution >= 0.6 is 0 Å². The number of rotatable bonds is 5. The SMILES string of the molecule is CC(C)(C)CN1CCN(C(=O)C(Cc2cccnc2)c2ccccc2)CC1. The van der Waals surface area contributed by atoms with E-state index in [0.717, 1.165) is 43.9 Å². The number of aromatic nitrogens is 1. The van der Waals surface area contributed by atoms with E-state index in [-0.39, 0.29) is 11.8 Å². The van der Waals surface area contributed by atoms with E-state index < -0.39 is 0 Å². The lowest BCUT2D eigenvalue weighted by atomic mass is 9.91.